The van der Waals surface area contributed by atoms with Gasteiger partial charge in [0.2, 0.25) is 5.91 Å². The Bertz CT molecular complexity index is 202. The minimum atomic E-state index is -0.724. The van der Waals surface area contributed by atoms with E-state index in [4.69, 9.17) is 5.73 Å². The normalized spacial score (nSPS) is 18.6. The summed E-state index contributed by atoms with van der Waals surface area (Å²) in [7, 11) is 0. The predicted octanol–water partition coefficient (Wildman–Crippen LogP) is 1.51. The molecule has 1 amide bonds. The van der Waals surface area contributed by atoms with E-state index in [9.17, 15) is 4.79 Å². The van der Waals surface area contributed by atoms with Crippen LogP contribution in [-0.4, -0.2) is 28.9 Å². The number of amides is 1. The SMILES string of the molecule is CCN(C(=O)C(C)(C)N)C1CCCC1. The summed E-state index contributed by atoms with van der Waals surface area (Å²) in [5.74, 6) is 0.0897. The molecule has 0 unspecified atom stereocenters. The van der Waals surface area contributed by atoms with E-state index >= 15 is 0 Å². The fourth-order valence-electron chi connectivity index (χ4n) is 2.15. The molecule has 1 saturated carbocycles. The van der Waals surface area contributed by atoms with Gasteiger partial charge in [-0.15, -0.1) is 0 Å². The third-order valence-corrected chi connectivity index (χ3v) is 2.92. The molecule has 1 rings (SSSR count). The lowest BCUT2D eigenvalue weighted by molar-refractivity contribution is -0.137. The molecule has 3 nitrogen and oxygen atoms in total. The second kappa shape index (κ2) is 4.30. The van der Waals surface area contributed by atoms with Crippen LogP contribution in [-0.2, 0) is 4.79 Å². The smallest absolute Gasteiger partial charge is 0.242 e. The Kier molecular flexibility index (Phi) is 3.53. The van der Waals surface area contributed by atoms with Crippen molar-refractivity contribution in [3.8, 4) is 0 Å². The van der Waals surface area contributed by atoms with Gasteiger partial charge in [-0.3, -0.25) is 4.79 Å². The Morgan fingerprint density at radius 2 is 1.93 bits per heavy atom. The van der Waals surface area contributed by atoms with Crippen molar-refractivity contribution in [3.05, 3.63) is 0 Å². The van der Waals surface area contributed by atoms with Crippen LogP contribution in [0.3, 0.4) is 0 Å². The number of rotatable bonds is 3. The van der Waals surface area contributed by atoms with Crippen LogP contribution in [0, 0.1) is 0 Å². The summed E-state index contributed by atoms with van der Waals surface area (Å²) in [6, 6.07) is 0.440. The molecule has 0 aromatic heterocycles. The summed E-state index contributed by atoms with van der Waals surface area (Å²) in [6.45, 7) is 6.38. The zero-order valence-corrected chi connectivity index (χ0v) is 9.55. The topological polar surface area (TPSA) is 46.3 Å². The van der Waals surface area contributed by atoms with Crippen LogP contribution in [0.1, 0.15) is 46.5 Å². The van der Waals surface area contributed by atoms with Gasteiger partial charge in [0.05, 0.1) is 5.54 Å². The monoisotopic (exact) mass is 198 g/mol. The van der Waals surface area contributed by atoms with E-state index in [1.165, 1.54) is 12.8 Å². The highest BCUT2D eigenvalue weighted by Crippen LogP contribution is 2.24. The second-order valence-corrected chi connectivity index (χ2v) is 4.75. The van der Waals surface area contributed by atoms with Crippen molar-refractivity contribution in [2.45, 2.75) is 58.0 Å². The van der Waals surface area contributed by atoms with Crippen molar-refractivity contribution >= 4 is 5.91 Å². The molecule has 14 heavy (non-hydrogen) atoms. The van der Waals surface area contributed by atoms with Crippen LogP contribution < -0.4 is 5.73 Å². The fourth-order valence-corrected chi connectivity index (χ4v) is 2.15. The molecule has 3 heteroatoms. The molecule has 1 aliphatic carbocycles. The van der Waals surface area contributed by atoms with Gasteiger partial charge in [-0.1, -0.05) is 12.8 Å². The van der Waals surface area contributed by atoms with Gasteiger partial charge < -0.3 is 10.6 Å². The van der Waals surface area contributed by atoms with Gasteiger partial charge in [0, 0.05) is 12.6 Å². The third kappa shape index (κ3) is 2.47. The van der Waals surface area contributed by atoms with Crippen molar-refractivity contribution in [2.75, 3.05) is 6.54 Å². The molecule has 0 radical (unpaired) electrons. The van der Waals surface area contributed by atoms with Crippen molar-refractivity contribution in [3.63, 3.8) is 0 Å². The maximum atomic E-state index is 12.0. The zero-order valence-electron chi connectivity index (χ0n) is 9.55. The number of carbonyl (C=O) groups excluding carboxylic acids is 1. The maximum absolute atomic E-state index is 12.0. The molecule has 82 valence electrons. The number of carbonyl (C=O) groups is 1. The highest BCUT2D eigenvalue weighted by atomic mass is 16.2. The summed E-state index contributed by atoms with van der Waals surface area (Å²) in [5, 5.41) is 0. The van der Waals surface area contributed by atoms with Crippen molar-refractivity contribution in [1.29, 1.82) is 0 Å². The third-order valence-electron chi connectivity index (χ3n) is 2.92. The maximum Gasteiger partial charge on any atom is 0.242 e. The second-order valence-electron chi connectivity index (χ2n) is 4.75. The van der Waals surface area contributed by atoms with Crippen molar-refractivity contribution in [2.24, 2.45) is 5.73 Å². The largest absolute Gasteiger partial charge is 0.338 e. The molecular weight excluding hydrogens is 176 g/mol. The van der Waals surface area contributed by atoms with E-state index in [-0.39, 0.29) is 5.91 Å². The number of likely N-dealkylation sites (N-methyl/N-ethyl adjacent to an activating group) is 1. The highest BCUT2D eigenvalue weighted by Gasteiger charge is 2.32. The van der Waals surface area contributed by atoms with Gasteiger partial charge in [-0.2, -0.15) is 0 Å². The lowest BCUT2D eigenvalue weighted by Crippen LogP contribution is -2.53. The Balaban J connectivity index is 2.65. The average molecular weight is 198 g/mol. The summed E-state index contributed by atoms with van der Waals surface area (Å²) >= 11 is 0. The molecule has 0 aromatic rings. The molecule has 2 N–H and O–H groups in total. The lowest BCUT2D eigenvalue weighted by Gasteiger charge is -2.33. The first-order valence-corrected chi connectivity index (χ1v) is 5.56. The number of nitrogens with zero attached hydrogens (tertiary/aromatic N) is 1. The molecule has 0 heterocycles. The van der Waals surface area contributed by atoms with Gasteiger partial charge in [0.15, 0.2) is 0 Å². The van der Waals surface area contributed by atoms with Crippen LogP contribution in [0.15, 0.2) is 0 Å². The molecule has 1 aliphatic rings. The summed E-state index contributed by atoms with van der Waals surface area (Å²) < 4.78 is 0. The summed E-state index contributed by atoms with van der Waals surface area (Å²) in [6.07, 6.45) is 4.80. The zero-order chi connectivity index (χ0) is 10.8. The molecule has 0 bridgehead atoms. The number of hydrogen-bond acceptors (Lipinski definition) is 2. The quantitative estimate of drug-likeness (QED) is 0.747. The van der Waals surface area contributed by atoms with E-state index in [1.807, 2.05) is 11.8 Å². The van der Waals surface area contributed by atoms with E-state index in [1.54, 1.807) is 13.8 Å². The van der Waals surface area contributed by atoms with E-state index in [2.05, 4.69) is 0 Å². The number of nitrogens with two attached hydrogens (primary N) is 1. The fraction of sp³-hybridized carbons (Fsp3) is 0.909. The Labute approximate surface area is 86.6 Å². The summed E-state index contributed by atoms with van der Waals surface area (Å²) in [4.78, 5) is 13.9. The van der Waals surface area contributed by atoms with E-state index in [0.29, 0.717) is 6.04 Å². The molecule has 1 fully saturated rings. The average Bonchev–Trinajstić information content (AvgIpc) is 2.57. The first-order valence-electron chi connectivity index (χ1n) is 5.56. The van der Waals surface area contributed by atoms with Crippen LogP contribution in [0.2, 0.25) is 0 Å². The molecule has 0 saturated heterocycles. The minimum Gasteiger partial charge on any atom is -0.338 e. The minimum absolute atomic E-state index is 0.0897. The Morgan fingerprint density at radius 1 is 1.43 bits per heavy atom. The van der Waals surface area contributed by atoms with Gasteiger partial charge in [0.25, 0.3) is 0 Å². The van der Waals surface area contributed by atoms with Crippen LogP contribution in [0.4, 0.5) is 0 Å². The van der Waals surface area contributed by atoms with Crippen molar-refractivity contribution in [1.82, 2.24) is 4.90 Å². The van der Waals surface area contributed by atoms with E-state index in [0.717, 1.165) is 19.4 Å². The molecule has 0 atom stereocenters. The first-order chi connectivity index (χ1) is 6.46. The number of hydrogen-bond donors (Lipinski definition) is 1. The van der Waals surface area contributed by atoms with Gasteiger partial charge in [-0.05, 0) is 33.6 Å². The lowest BCUT2D eigenvalue weighted by atomic mass is 10.0. The first kappa shape index (κ1) is 11.5. The molecule has 0 spiro atoms. The van der Waals surface area contributed by atoms with Gasteiger partial charge in [0.1, 0.15) is 0 Å². The van der Waals surface area contributed by atoms with Crippen LogP contribution >= 0.6 is 0 Å². The molecular formula is C11H22N2O. The van der Waals surface area contributed by atoms with Crippen LogP contribution in [0.25, 0.3) is 0 Å². The Morgan fingerprint density at radius 3 is 2.29 bits per heavy atom. The highest BCUT2D eigenvalue weighted by molar-refractivity contribution is 5.85. The predicted molar refractivity (Wildman–Crippen MR) is 57.9 cm³/mol. The summed E-state index contributed by atoms with van der Waals surface area (Å²) in [5.41, 5.74) is 5.11. The van der Waals surface area contributed by atoms with Gasteiger partial charge >= 0.3 is 0 Å². The standard InChI is InChI=1S/C11H22N2O/c1-4-13(9-7-5-6-8-9)10(14)11(2,3)12/h9H,4-8,12H2,1-3H3. The van der Waals surface area contributed by atoms with Crippen molar-refractivity contribution < 1.29 is 4.79 Å². The molecule has 0 aromatic carbocycles. The van der Waals surface area contributed by atoms with Crippen LogP contribution in [0.5, 0.6) is 0 Å². The van der Waals surface area contributed by atoms with E-state index < -0.39 is 5.54 Å². The van der Waals surface area contributed by atoms with Gasteiger partial charge in [-0.25, -0.2) is 0 Å². The molecule has 0 aliphatic heterocycles. The Hall–Kier alpha value is -0.570.